The minimum atomic E-state index is -0.0427. The van der Waals surface area contributed by atoms with Gasteiger partial charge in [-0.05, 0) is 30.5 Å². The fraction of sp³-hybridized carbons (Fsp3) is 0.235. The van der Waals surface area contributed by atoms with Gasteiger partial charge in [-0.15, -0.1) is 0 Å². The second-order valence-corrected chi connectivity index (χ2v) is 5.24. The minimum Gasteiger partial charge on any atom is -0.495 e. The van der Waals surface area contributed by atoms with Crippen molar-refractivity contribution in [3.63, 3.8) is 0 Å². The molecule has 0 heterocycles. The average Bonchev–Trinajstić information content (AvgIpc) is 2.49. The van der Waals surface area contributed by atoms with Gasteiger partial charge in [0.2, 0.25) is 5.91 Å². The minimum absolute atomic E-state index is 0.0427. The number of anilines is 1. The predicted molar refractivity (Wildman–Crippen MR) is 86.1 cm³/mol. The molecule has 0 aromatic heterocycles. The van der Waals surface area contributed by atoms with Crippen LogP contribution in [0.3, 0.4) is 0 Å². The third kappa shape index (κ3) is 4.23. The number of carbonyl (C=O) groups excluding carboxylic acids is 1. The van der Waals surface area contributed by atoms with Crippen molar-refractivity contribution in [2.45, 2.75) is 19.8 Å². The van der Waals surface area contributed by atoms with Crippen LogP contribution in [0.25, 0.3) is 0 Å². The fourth-order valence-corrected chi connectivity index (χ4v) is 2.20. The molecule has 2 aromatic carbocycles. The van der Waals surface area contributed by atoms with Gasteiger partial charge in [-0.1, -0.05) is 41.9 Å². The van der Waals surface area contributed by atoms with Crippen LogP contribution in [0.1, 0.15) is 17.5 Å². The summed E-state index contributed by atoms with van der Waals surface area (Å²) in [5.41, 5.74) is 2.69. The molecule has 110 valence electrons. The molecule has 0 spiro atoms. The van der Waals surface area contributed by atoms with Crippen LogP contribution >= 0.6 is 11.6 Å². The van der Waals surface area contributed by atoms with E-state index < -0.39 is 0 Å². The van der Waals surface area contributed by atoms with Crippen molar-refractivity contribution in [3.8, 4) is 5.75 Å². The third-order valence-electron chi connectivity index (χ3n) is 3.24. The molecule has 0 aliphatic carbocycles. The lowest BCUT2D eigenvalue weighted by molar-refractivity contribution is -0.116. The molecule has 0 saturated heterocycles. The summed E-state index contributed by atoms with van der Waals surface area (Å²) in [6, 6.07) is 13.5. The highest BCUT2D eigenvalue weighted by Crippen LogP contribution is 2.31. The predicted octanol–water partition coefficient (Wildman–Crippen LogP) is 4.23. The van der Waals surface area contributed by atoms with E-state index in [2.05, 4.69) is 5.32 Å². The van der Waals surface area contributed by atoms with Crippen LogP contribution in [0.4, 0.5) is 5.69 Å². The lowest BCUT2D eigenvalue weighted by Crippen LogP contribution is -2.13. The molecular weight excluding hydrogens is 286 g/mol. The Kier molecular flexibility index (Phi) is 5.23. The van der Waals surface area contributed by atoms with Gasteiger partial charge in [0.15, 0.2) is 0 Å². The Balaban J connectivity index is 2.01. The number of aryl methyl sites for hydroxylation is 2. The zero-order chi connectivity index (χ0) is 15.2. The Labute approximate surface area is 129 Å². The van der Waals surface area contributed by atoms with E-state index >= 15 is 0 Å². The van der Waals surface area contributed by atoms with E-state index in [1.54, 1.807) is 13.2 Å². The number of nitrogens with one attached hydrogen (secondary N) is 1. The third-order valence-corrected chi connectivity index (χ3v) is 3.65. The van der Waals surface area contributed by atoms with Gasteiger partial charge in [-0.3, -0.25) is 4.79 Å². The summed E-state index contributed by atoms with van der Waals surface area (Å²) >= 11 is 6.05. The largest absolute Gasteiger partial charge is 0.495 e. The Morgan fingerprint density at radius 2 is 1.95 bits per heavy atom. The van der Waals surface area contributed by atoms with E-state index in [0.717, 1.165) is 11.1 Å². The highest BCUT2D eigenvalue weighted by molar-refractivity contribution is 6.31. The van der Waals surface area contributed by atoms with Crippen molar-refractivity contribution in [1.82, 2.24) is 0 Å². The van der Waals surface area contributed by atoms with Crippen LogP contribution in [-0.4, -0.2) is 13.0 Å². The summed E-state index contributed by atoms with van der Waals surface area (Å²) in [4.78, 5) is 12.1. The number of ether oxygens (including phenoxy) is 1. The van der Waals surface area contributed by atoms with Gasteiger partial charge >= 0.3 is 0 Å². The summed E-state index contributed by atoms with van der Waals surface area (Å²) in [6.07, 6.45) is 1.14. The molecule has 3 nitrogen and oxygen atoms in total. The molecule has 0 unspecified atom stereocenters. The highest BCUT2D eigenvalue weighted by atomic mass is 35.5. The van der Waals surface area contributed by atoms with Crippen LogP contribution in [0.2, 0.25) is 5.02 Å². The Morgan fingerprint density at radius 1 is 1.24 bits per heavy atom. The Hall–Kier alpha value is -2.00. The van der Waals surface area contributed by atoms with Gasteiger partial charge in [-0.2, -0.15) is 0 Å². The van der Waals surface area contributed by atoms with E-state index in [9.17, 15) is 4.79 Å². The summed E-state index contributed by atoms with van der Waals surface area (Å²) in [7, 11) is 1.56. The number of methoxy groups -OCH3 is 1. The van der Waals surface area contributed by atoms with Crippen molar-refractivity contribution in [3.05, 3.63) is 58.6 Å². The summed E-state index contributed by atoms with van der Waals surface area (Å²) in [6.45, 7) is 1.89. The number of hydrogen-bond donors (Lipinski definition) is 1. The van der Waals surface area contributed by atoms with Gasteiger partial charge in [-0.25, -0.2) is 0 Å². The number of rotatable bonds is 5. The maximum atomic E-state index is 12.1. The maximum Gasteiger partial charge on any atom is 0.224 e. The van der Waals surface area contributed by atoms with Gasteiger partial charge in [0.25, 0.3) is 0 Å². The van der Waals surface area contributed by atoms with Crippen molar-refractivity contribution in [1.29, 1.82) is 0 Å². The normalized spacial score (nSPS) is 10.2. The summed E-state index contributed by atoms with van der Waals surface area (Å²) in [5.74, 6) is 0.525. The highest BCUT2D eigenvalue weighted by Gasteiger charge is 2.10. The molecule has 21 heavy (non-hydrogen) atoms. The zero-order valence-corrected chi connectivity index (χ0v) is 12.9. The summed E-state index contributed by atoms with van der Waals surface area (Å²) < 4.78 is 5.25. The first-order valence-electron chi connectivity index (χ1n) is 6.78. The first-order chi connectivity index (χ1) is 10.1. The molecule has 0 radical (unpaired) electrons. The van der Waals surface area contributed by atoms with E-state index in [4.69, 9.17) is 16.3 Å². The standard InChI is InChI=1S/C17H18ClNO2/c1-12-10-15(16(21-2)11-14(12)18)19-17(20)9-8-13-6-4-3-5-7-13/h3-7,10-11H,8-9H2,1-2H3,(H,19,20). The second kappa shape index (κ2) is 7.14. The lowest BCUT2D eigenvalue weighted by atomic mass is 10.1. The molecule has 1 amide bonds. The lowest BCUT2D eigenvalue weighted by Gasteiger charge is -2.12. The van der Waals surface area contributed by atoms with Crippen LogP contribution in [0.5, 0.6) is 5.75 Å². The molecule has 2 rings (SSSR count). The zero-order valence-electron chi connectivity index (χ0n) is 12.2. The second-order valence-electron chi connectivity index (χ2n) is 4.84. The van der Waals surface area contributed by atoms with Crippen LogP contribution in [0, 0.1) is 6.92 Å². The van der Waals surface area contributed by atoms with Gasteiger partial charge < -0.3 is 10.1 Å². The smallest absolute Gasteiger partial charge is 0.224 e. The topological polar surface area (TPSA) is 38.3 Å². The van der Waals surface area contributed by atoms with E-state index in [1.807, 2.05) is 43.3 Å². The molecule has 0 saturated carbocycles. The fourth-order valence-electron chi connectivity index (χ4n) is 2.05. The first-order valence-corrected chi connectivity index (χ1v) is 7.16. The Bertz CT molecular complexity index is 626. The number of halogens is 1. The molecule has 0 fully saturated rings. The van der Waals surface area contributed by atoms with Crippen molar-refractivity contribution in [2.24, 2.45) is 0 Å². The van der Waals surface area contributed by atoms with Crippen LogP contribution in [-0.2, 0) is 11.2 Å². The van der Waals surface area contributed by atoms with Crippen molar-refractivity contribution < 1.29 is 9.53 Å². The first kappa shape index (κ1) is 15.4. The number of benzene rings is 2. The van der Waals surface area contributed by atoms with Crippen LogP contribution < -0.4 is 10.1 Å². The molecule has 1 N–H and O–H groups in total. The number of carbonyl (C=O) groups is 1. The molecule has 0 bridgehead atoms. The SMILES string of the molecule is COc1cc(Cl)c(C)cc1NC(=O)CCc1ccccc1. The molecule has 0 aliphatic rings. The Morgan fingerprint density at radius 3 is 2.62 bits per heavy atom. The maximum absolute atomic E-state index is 12.1. The van der Waals surface area contributed by atoms with Gasteiger partial charge in [0.1, 0.15) is 5.75 Å². The van der Waals surface area contributed by atoms with E-state index in [0.29, 0.717) is 29.3 Å². The molecule has 0 aliphatic heterocycles. The molecule has 4 heteroatoms. The number of amides is 1. The van der Waals surface area contributed by atoms with Crippen molar-refractivity contribution >= 4 is 23.2 Å². The van der Waals surface area contributed by atoms with Crippen LogP contribution in [0.15, 0.2) is 42.5 Å². The molecular formula is C17H18ClNO2. The summed E-state index contributed by atoms with van der Waals surface area (Å²) in [5, 5.41) is 3.50. The van der Waals surface area contributed by atoms with E-state index in [1.165, 1.54) is 0 Å². The molecule has 2 aromatic rings. The van der Waals surface area contributed by atoms with Gasteiger partial charge in [0.05, 0.1) is 12.8 Å². The monoisotopic (exact) mass is 303 g/mol. The van der Waals surface area contributed by atoms with Crippen molar-refractivity contribution in [2.75, 3.05) is 12.4 Å². The van der Waals surface area contributed by atoms with Gasteiger partial charge in [0, 0.05) is 17.5 Å². The molecule has 0 atom stereocenters. The number of hydrogen-bond acceptors (Lipinski definition) is 2. The average molecular weight is 304 g/mol. The van der Waals surface area contributed by atoms with E-state index in [-0.39, 0.29) is 5.91 Å². The quantitative estimate of drug-likeness (QED) is 0.897.